The second kappa shape index (κ2) is 6.82. The molecule has 0 aromatic heterocycles. The minimum atomic E-state index is -0.406. The van der Waals surface area contributed by atoms with Crippen LogP contribution in [0.25, 0.3) is 0 Å². The fourth-order valence-corrected chi connectivity index (χ4v) is 2.54. The standard InChI is InChI=1S/C19H23FN2O/c1-12(2)15-8-6-7-13(3)18(15)21-19(23)14-9-10-17(22(4)5)16(20)11-14/h6-12H,1-5H3,(H,21,23). The topological polar surface area (TPSA) is 32.3 Å². The highest BCUT2D eigenvalue weighted by Crippen LogP contribution is 2.28. The van der Waals surface area contributed by atoms with Gasteiger partial charge in [-0.3, -0.25) is 4.79 Å². The predicted octanol–water partition coefficient (Wildman–Crippen LogP) is 4.58. The van der Waals surface area contributed by atoms with Crippen molar-refractivity contribution in [3.8, 4) is 0 Å². The number of aryl methyl sites for hydroxylation is 1. The zero-order valence-corrected chi connectivity index (χ0v) is 14.3. The van der Waals surface area contributed by atoms with Gasteiger partial charge in [0, 0.05) is 25.3 Å². The van der Waals surface area contributed by atoms with Crippen molar-refractivity contribution in [3.05, 3.63) is 58.9 Å². The monoisotopic (exact) mass is 314 g/mol. The van der Waals surface area contributed by atoms with Crippen LogP contribution in [-0.2, 0) is 0 Å². The summed E-state index contributed by atoms with van der Waals surface area (Å²) >= 11 is 0. The molecule has 0 saturated carbocycles. The molecule has 122 valence electrons. The Kier molecular flexibility index (Phi) is 5.04. The molecule has 0 saturated heterocycles. The Labute approximate surface area is 137 Å². The molecule has 0 unspecified atom stereocenters. The third-order valence-electron chi connectivity index (χ3n) is 3.86. The predicted molar refractivity (Wildman–Crippen MR) is 93.9 cm³/mol. The van der Waals surface area contributed by atoms with Crippen LogP contribution in [0.15, 0.2) is 36.4 Å². The Bertz CT molecular complexity index is 723. The number of amides is 1. The summed E-state index contributed by atoms with van der Waals surface area (Å²) in [6.07, 6.45) is 0. The highest BCUT2D eigenvalue weighted by Gasteiger charge is 2.15. The molecule has 0 atom stereocenters. The number of carbonyl (C=O) groups excluding carboxylic acids is 1. The summed E-state index contributed by atoms with van der Waals surface area (Å²) in [6.45, 7) is 6.11. The molecule has 0 fully saturated rings. The molecule has 1 N–H and O–H groups in total. The van der Waals surface area contributed by atoms with Gasteiger partial charge < -0.3 is 10.2 Å². The van der Waals surface area contributed by atoms with Crippen LogP contribution in [0.2, 0.25) is 0 Å². The average molecular weight is 314 g/mol. The molecule has 23 heavy (non-hydrogen) atoms. The lowest BCUT2D eigenvalue weighted by molar-refractivity contribution is 0.102. The molecular formula is C19H23FN2O. The van der Waals surface area contributed by atoms with Crippen LogP contribution >= 0.6 is 0 Å². The molecule has 4 heteroatoms. The molecule has 0 aliphatic carbocycles. The van der Waals surface area contributed by atoms with Gasteiger partial charge in [0.15, 0.2) is 0 Å². The normalized spacial score (nSPS) is 10.7. The lowest BCUT2D eigenvalue weighted by Gasteiger charge is -2.17. The Morgan fingerprint density at radius 1 is 1.17 bits per heavy atom. The quantitative estimate of drug-likeness (QED) is 0.896. The van der Waals surface area contributed by atoms with Crippen LogP contribution in [-0.4, -0.2) is 20.0 Å². The third-order valence-corrected chi connectivity index (χ3v) is 3.86. The van der Waals surface area contributed by atoms with E-state index in [4.69, 9.17) is 0 Å². The SMILES string of the molecule is Cc1cccc(C(C)C)c1NC(=O)c1ccc(N(C)C)c(F)c1. The number of benzene rings is 2. The van der Waals surface area contributed by atoms with E-state index in [1.807, 2.05) is 25.1 Å². The first-order valence-electron chi connectivity index (χ1n) is 7.69. The molecular weight excluding hydrogens is 291 g/mol. The summed E-state index contributed by atoms with van der Waals surface area (Å²) in [7, 11) is 3.53. The molecule has 2 rings (SSSR count). The van der Waals surface area contributed by atoms with Gasteiger partial charge in [0.1, 0.15) is 5.82 Å². The van der Waals surface area contributed by atoms with Gasteiger partial charge in [0.25, 0.3) is 5.91 Å². The van der Waals surface area contributed by atoms with Crippen molar-refractivity contribution in [1.82, 2.24) is 0 Å². The maximum absolute atomic E-state index is 14.1. The zero-order chi connectivity index (χ0) is 17.1. The molecule has 0 bridgehead atoms. The fourth-order valence-electron chi connectivity index (χ4n) is 2.54. The van der Waals surface area contributed by atoms with Gasteiger partial charge in [-0.2, -0.15) is 0 Å². The van der Waals surface area contributed by atoms with Crippen LogP contribution in [0.1, 0.15) is 41.3 Å². The van der Waals surface area contributed by atoms with Gasteiger partial charge in [0.2, 0.25) is 0 Å². The van der Waals surface area contributed by atoms with Gasteiger partial charge >= 0.3 is 0 Å². The summed E-state index contributed by atoms with van der Waals surface area (Å²) in [4.78, 5) is 14.2. The number of nitrogens with zero attached hydrogens (tertiary/aromatic N) is 1. The second-order valence-corrected chi connectivity index (χ2v) is 6.21. The number of rotatable bonds is 4. The summed E-state index contributed by atoms with van der Waals surface area (Å²) in [5, 5.41) is 2.93. The number of halogens is 1. The highest BCUT2D eigenvalue weighted by atomic mass is 19.1. The van der Waals surface area contributed by atoms with Crippen LogP contribution in [0, 0.1) is 12.7 Å². The fraction of sp³-hybridized carbons (Fsp3) is 0.316. The number of carbonyl (C=O) groups is 1. The van der Waals surface area contributed by atoms with Crippen molar-refractivity contribution in [2.45, 2.75) is 26.7 Å². The molecule has 1 amide bonds. The number of para-hydroxylation sites is 1. The van der Waals surface area contributed by atoms with Crippen molar-refractivity contribution in [2.24, 2.45) is 0 Å². The summed E-state index contributed by atoms with van der Waals surface area (Å²) in [6, 6.07) is 10.5. The molecule has 0 radical (unpaired) electrons. The molecule has 3 nitrogen and oxygen atoms in total. The number of nitrogens with one attached hydrogen (secondary N) is 1. The van der Waals surface area contributed by atoms with E-state index in [-0.39, 0.29) is 11.8 Å². The van der Waals surface area contributed by atoms with E-state index in [9.17, 15) is 9.18 Å². The Hall–Kier alpha value is -2.36. The van der Waals surface area contributed by atoms with Crippen LogP contribution in [0.5, 0.6) is 0 Å². The van der Waals surface area contributed by atoms with Crippen LogP contribution in [0.4, 0.5) is 15.8 Å². The number of hydrogen-bond donors (Lipinski definition) is 1. The van der Waals surface area contributed by atoms with Gasteiger partial charge in [-0.25, -0.2) is 4.39 Å². The lowest BCUT2D eigenvalue weighted by Crippen LogP contribution is -2.16. The first kappa shape index (κ1) is 17.0. The molecule has 0 heterocycles. The van der Waals surface area contributed by atoms with E-state index in [1.54, 1.807) is 31.1 Å². The van der Waals surface area contributed by atoms with Crippen LogP contribution < -0.4 is 10.2 Å². The van der Waals surface area contributed by atoms with Gasteiger partial charge in [0.05, 0.1) is 5.69 Å². The largest absolute Gasteiger partial charge is 0.375 e. The van der Waals surface area contributed by atoms with Crippen molar-refractivity contribution in [3.63, 3.8) is 0 Å². The molecule has 2 aromatic rings. The Morgan fingerprint density at radius 3 is 2.43 bits per heavy atom. The lowest BCUT2D eigenvalue weighted by atomic mass is 9.98. The molecule has 2 aromatic carbocycles. The average Bonchev–Trinajstić information content (AvgIpc) is 2.48. The molecule has 0 aliphatic rings. The zero-order valence-electron chi connectivity index (χ0n) is 14.3. The van der Waals surface area contributed by atoms with E-state index in [0.717, 1.165) is 16.8 Å². The third kappa shape index (κ3) is 3.70. The van der Waals surface area contributed by atoms with Gasteiger partial charge in [-0.1, -0.05) is 32.0 Å². The van der Waals surface area contributed by atoms with Crippen molar-refractivity contribution in [2.75, 3.05) is 24.3 Å². The summed E-state index contributed by atoms with van der Waals surface area (Å²) in [5.41, 5.74) is 3.65. The molecule has 0 spiro atoms. The van der Waals surface area contributed by atoms with E-state index >= 15 is 0 Å². The van der Waals surface area contributed by atoms with E-state index in [0.29, 0.717) is 11.3 Å². The minimum absolute atomic E-state index is 0.290. The van der Waals surface area contributed by atoms with Gasteiger partial charge in [-0.15, -0.1) is 0 Å². The maximum Gasteiger partial charge on any atom is 0.255 e. The van der Waals surface area contributed by atoms with Gasteiger partial charge in [-0.05, 0) is 42.2 Å². The van der Waals surface area contributed by atoms with Crippen molar-refractivity contribution >= 4 is 17.3 Å². The molecule has 0 aliphatic heterocycles. The summed E-state index contributed by atoms with van der Waals surface area (Å²) in [5.74, 6) is -0.417. The Balaban J connectivity index is 2.32. The smallest absolute Gasteiger partial charge is 0.255 e. The highest BCUT2D eigenvalue weighted by molar-refractivity contribution is 6.05. The summed E-state index contributed by atoms with van der Waals surface area (Å²) < 4.78 is 14.1. The first-order chi connectivity index (χ1) is 10.8. The van der Waals surface area contributed by atoms with Crippen molar-refractivity contribution in [1.29, 1.82) is 0 Å². The second-order valence-electron chi connectivity index (χ2n) is 6.21. The number of anilines is 2. The maximum atomic E-state index is 14.1. The minimum Gasteiger partial charge on any atom is -0.375 e. The number of hydrogen-bond acceptors (Lipinski definition) is 2. The van der Waals surface area contributed by atoms with E-state index in [1.165, 1.54) is 6.07 Å². The Morgan fingerprint density at radius 2 is 1.87 bits per heavy atom. The van der Waals surface area contributed by atoms with E-state index in [2.05, 4.69) is 19.2 Å². The first-order valence-corrected chi connectivity index (χ1v) is 7.69. The van der Waals surface area contributed by atoms with Crippen LogP contribution in [0.3, 0.4) is 0 Å². The van der Waals surface area contributed by atoms with E-state index < -0.39 is 5.82 Å². The van der Waals surface area contributed by atoms with Crippen molar-refractivity contribution < 1.29 is 9.18 Å².